The van der Waals surface area contributed by atoms with Crippen molar-refractivity contribution in [1.82, 2.24) is 5.32 Å². The molecular weight excluding hydrogens is 298 g/mol. The molecule has 0 aliphatic carbocycles. The van der Waals surface area contributed by atoms with E-state index in [9.17, 15) is 23.3 Å². The van der Waals surface area contributed by atoms with Crippen molar-refractivity contribution >= 4 is 27.3 Å². The summed E-state index contributed by atoms with van der Waals surface area (Å²) >= 11 is 0. The van der Waals surface area contributed by atoms with E-state index >= 15 is 0 Å². The van der Waals surface area contributed by atoms with Gasteiger partial charge < -0.3 is 5.32 Å². The van der Waals surface area contributed by atoms with Crippen LogP contribution in [0.1, 0.15) is 0 Å². The van der Waals surface area contributed by atoms with E-state index in [0.29, 0.717) is 0 Å². The molecule has 0 radical (unpaired) electrons. The van der Waals surface area contributed by atoms with Crippen LogP contribution >= 0.6 is 0 Å². The van der Waals surface area contributed by atoms with Gasteiger partial charge in [-0.15, -0.1) is 6.58 Å². The van der Waals surface area contributed by atoms with Crippen molar-refractivity contribution in [3.8, 4) is 0 Å². The number of carbonyl (C=O) groups is 1. The Morgan fingerprint density at radius 3 is 2.71 bits per heavy atom. The van der Waals surface area contributed by atoms with E-state index in [1.165, 1.54) is 24.3 Å². The van der Waals surface area contributed by atoms with Gasteiger partial charge in [-0.1, -0.05) is 12.1 Å². The van der Waals surface area contributed by atoms with Gasteiger partial charge in [0, 0.05) is 18.7 Å². The van der Waals surface area contributed by atoms with Crippen LogP contribution in [0.4, 0.5) is 11.4 Å². The van der Waals surface area contributed by atoms with Gasteiger partial charge in [0.25, 0.3) is 5.69 Å². The number of benzene rings is 1. The molecule has 9 heteroatoms. The molecule has 0 bridgehead atoms. The first-order valence-electron chi connectivity index (χ1n) is 5.85. The van der Waals surface area contributed by atoms with Gasteiger partial charge in [-0.05, 0) is 6.07 Å². The van der Waals surface area contributed by atoms with Crippen molar-refractivity contribution < 1.29 is 18.1 Å². The second-order valence-electron chi connectivity index (χ2n) is 4.14. The van der Waals surface area contributed by atoms with Crippen molar-refractivity contribution in [2.75, 3.05) is 23.7 Å². The third kappa shape index (κ3) is 4.88. The number of rotatable bonds is 7. The summed E-state index contributed by atoms with van der Waals surface area (Å²) in [5.41, 5.74) is -0.201. The second-order valence-corrected chi connectivity index (χ2v) is 6.05. The van der Waals surface area contributed by atoms with Gasteiger partial charge in [0.05, 0.1) is 16.9 Å². The number of nitro benzene ring substituents is 1. The number of non-ortho nitro benzene ring substituents is 1. The largest absolute Gasteiger partial charge is 0.351 e. The molecule has 1 amide bonds. The maximum Gasteiger partial charge on any atom is 0.271 e. The zero-order valence-electron chi connectivity index (χ0n) is 11.4. The van der Waals surface area contributed by atoms with Crippen LogP contribution in [0.15, 0.2) is 36.9 Å². The molecule has 114 valence electrons. The van der Waals surface area contributed by atoms with Crippen LogP contribution in [-0.2, 0) is 14.8 Å². The fourth-order valence-corrected chi connectivity index (χ4v) is 2.38. The maximum atomic E-state index is 11.8. The van der Waals surface area contributed by atoms with Gasteiger partial charge in [0.15, 0.2) is 0 Å². The van der Waals surface area contributed by atoms with Gasteiger partial charge in [-0.2, -0.15) is 0 Å². The van der Waals surface area contributed by atoms with E-state index in [1.54, 1.807) is 0 Å². The van der Waals surface area contributed by atoms with E-state index < -0.39 is 27.4 Å². The summed E-state index contributed by atoms with van der Waals surface area (Å²) in [6.07, 6.45) is 2.38. The summed E-state index contributed by atoms with van der Waals surface area (Å²) in [4.78, 5) is 21.8. The normalized spacial score (nSPS) is 10.7. The Morgan fingerprint density at radius 1 is 1.52 bits per heavy atom. The number of carbonyl (C=O) groups excluding carboxylic acids is 1. The summed E-state index contributed by atoms with van der Waals surface area (Å²) in [5.74, 6) is -0.535. The molecule has 1 aromatic rings. The minimum absolute atomic E-state index is 0.0560. The van der Waals surface area contributed by atoms with Crippen LogP contribution in [0.2, 0.25) is 0 Å². The Bertz CT molecular complexity index is 657. The summed E-state index contributed by atoms with van der Waals surface area (Å²) < 4.78 is 24.4. The first kappa shape index (κ1) is 16.6. The van der Waals surface area contributed by atoms with Crippen LogP contribution in [0.25, 0.3) is 0 Å². The Morgan fingerprint density at radius 2 is 2.19 bits per heavy atom. The minimum Gasteiger partial charge on any atom is -0.351 e. The van der Waals surface area contributed by atoms with E-state index in [2.05, 4.69) is 11.9 Å². The summed E-state index contributed by atoms with van der Waals surface area (Å²) in [7, 11) is -3.76. The number of hydrogen-bond donors (Lipinski definition) is 1. The molecule has 0 saturated heterocycles. The van der Waals surface area contributed by atoms with Crippen molar-refractivity contribution in [3.63, 3.8) is 0 Å². The van der Waals surface area contributed by atoms with Crippen LogP contribution in [0.3, 0.4) is 0 Å². The van der Waals surface area contributed by atoms with Gasteiger partial charge >= 0.3 is 0 Å². The highest BCUT2D eigenvalue weighted by atomic mass is 32.2. The average molecular weight is 313 g/mol. The van der Waals surface area contributed by atoms with Crippen LogP contribution in [-0.4, -0.2) is 38.6 Å². The molecule has 0 spiro atoms. The minimum atomic E-state index is -3.76. The van der Waals surface area contributed by atoms with E-state index in [-0.39, 0.29) is 17.9 Å². The zero-order valence-corrected chi connectivity index (χ0v) is 12.2. The van der Waals surface area contributed by atoms with Gasteiger partial charge in [-0.3, -0.25) is 19.2 Å². The van der Waals surface area contributed by atoms with Crippen molar-refractivity contribution in [3.05, 3.63) is 47.0 Å². The van der Waals surface area contributed by atoms with E-state index in [4.69, 9.17) is 0 Å². The first-order chi connectivity index (χ1) is 9.75. The van der Waals surface area contributed by atoms with E-state index in [0.717, 1.165) is 16.6 Å². The van der Waals surface area contributed by atoms with Crippen molar-refractivity contribution in [1.29, 1.82) is 0 Å². The molecule has 0 aliphatic rings. The Kier molecular flexibility index (Phi) is 5.42. The van der Waals surface area contributed by atoms with Crippen molar-refractivity contribution in [2.24, 2.45) is 0 Å². The molecule has 1 N–H and O–H groups in total. The lowest BCUT2D eigenvalue weighted by Gasteiger charge is -2.21. The maximum absolute atomic E-state index is 11.8. The van der Waals surface area contributed by atoms with E-state index in [1.807, 2.05) is 0 Å². The van der Waals surface area contributed by atoms with Gasteiger partial charge in [0.1, 0.15) is 6.54 Å². The lowest BCUT2D eigenvalue weighted by molar-refractivity contribution is -0.384. The number of nitrogens with zero attached hydrogens (tertiary/aromatic N) is 2. The van der Waals surface area contributed by atoms with Crippen molar-refractivity contribution in [2.45, 2.75) is 0 Å². The molecule has 0 atom stereocenters. The fourth-order valence-electron chi connectivity index (χ4n) is 1.53. The number of hydrogen-bond acceptors (Lipinski definition) is 5. The molecule has 1 rings (SSSR count). The molecule has 21 heavy (non-hydrogen) atoms. The highest BCUT2D eigenvalue weighted by Crippen LogP contribution is 2.22. The molecule has 0 aromatic heterocycles. The third-order valence-corrected chi connectivity index (χ3v) is 3.60. The number of nitrogens with one attached hydrogen (secondary N) is 1. The molecule has 0 aliphatic heterocycles. The number of amides is 1. The quantitative estimate of drug-likeness (QED) is 0.452. The zero-order chi connectivity index (χ0) is 16.0. The molecule has 1 aromatic carbocycles. The molecular formula is C12H15N3O5S. The molecule has 8 nitrogen and oxygen atoms in total. The smallest absolute Gasteiger partial charge is 0.271 e. The lowest BCUT2D eigenvalue weighted by atomic mass is 10.3. The van der Waals surface area contributed by atoms with Crippen LogP contribution < -0.4 is 9.62 Å². The first-order valence-corrected chi connectivity index (χ1v) is 7.70. The van der Waals surface area contributed by atoms with Gasteiger partial charge in [-0.25, -0.2) is 8.42 Å². The number of sulfonamides is 1. The standard InChI is InChI=1S/C12H15N3O5S/c1-3-7-13-12(16)9-14(21(2,19)20)10-5-4-6-11(8-10)15(17)18/h3-6,8H,1,7,9H2,2H3,(H,13,16). The molecule has 0 heterocycles. The molecule has 0 saturated carbocycles. The lowest BCUT2D eigenvalue weighted by Crippen LogP contribution is -2.40. The second kappa shape index (κ2) is 6.84. The fraction of sp³-hybridized carbons (Fsp3) is 0.250. The number of anilines is 1. The predicted molar refractivity (Wildman–Crippen MR) is 78.5 cm³/mol. The van der Waals surface area contributed by atoms with Crippen LogP contribution in [0.5, 0.6) is 0 Å². The average Bonchev–Trinajstić information content (AvgIpc) is 2.41. The highest BCUT2D eigenvalue weighted by molar-refractivity contribution is 7.92. The molecule has 0 unspecified atom stereocenters. The SMILES string of the molecule is C=CCNC(=O)CN(c1cccc([N+](=O)[O-])c1)S(C)(=O)=O. The Balaban J connectivity index is 3.09. The summed E-state index contributed by atoms with van der Waals surface area (Å²) in [6, 6.07) is 5.08. The Hall–Kier alpha value is -2.42. The predicted octanol–water partition coefficient (Wildman–Crippen LogP) is 0.663. The van der Waals surface area contributed by atoms with Crippen LogP contribution in [0, 0.1) is 10.1 Å². The highest BCUT2D eigenvalue weighted by Gasteiger charge is 2.22. The van der Waals surface area contributed by atoms with Gasteiger partial charge in [0.2, 0.25) is 15.9 Å². The molecule has 0 fully saturated rings. The topological polar surface area (TPSA) is 110 Å². The third-order valence-electron chi connectivity index (χ3n) is 2.46. The monoisotopic (exact) mass is 313 g/mol. The Labute approximate surface area is 122 Å². The summed E-state index contributed by atoms with van der Waals surface area (Å²) in [5, 5.41) is 13.2. The summed E-state index contributed by atoms with van der Waals surface area (Å²) in [6.45, 7) is 3.16. The number of nitro groups is 1.